The number of furan rings is 1. The predicted octanol–water partition coefficient (Wildman–Crippen LogP) is 1.75. The van der Waals surface area contributed by atoms with Gasteiger partial charge in [0, 0.05) is 32.7 Å². The van der Waals surface area contributed by atoms with Crippen LogP contribution in [-0.4, -0.2) is 74.1 Å². The van der Waals surface area contributed by atoms with E-state index in [4.69, 9.17) is 9.15 Å². The molecule has 1 aliphatic rings. The summed E-state index contributed by atoms with van der Waals surface area (Å²) in [5, 5.41) is 2.68. The fourth-order valence-electron chi connectivity index (χ4n) is 2.94. The highest BCUT2D eigenvalue weighted by molar-refractivity contribution is 5.96. The first-order valence-electron chi connectivity index (χ1n) is 9.59. The molecule has 0 aliphatic carbocycles. The second kappa shape index (κ2) is 11.7. The third kappa shape index (κ3) is 7.17. The number of nitrogens with one attached hydrogen (secondary N) is 1. The van der Waals surface area contributed by atoms with E-state index in [2.05, 4.69) is 17.1 Å². The van der Waals surface area contributed by atoms with Crippen LogP contribution in [0, 0.1) is 0 Å². The smallest absolute Gasteiger partial charge is 0.254 e. The number of ether oxygens (including phenoxy) is 1. The van der Waals surface area contributed by atoms with Gasteiger partial charge in [0.2, 0.25) is 5.91 Å². The van der Waals surface area contributed by atoms with E-state index >= 15 is 0 Å². The number of unbranched alkanes of at least 4 members (excludes halogenated alkanes) is 3. The molecule has 2 rings (SSSR count). The van der Waals surface area contributed by atoms with E-state index in [9.17, 15) is 9.59 Å². The van der Waals surface area contributed by atoms with Crippen LogP contribution < -0.4 is 5.32 Å². The molecule has 1 saturated heterocycles. The Labute approximate surface area is 155 Å². The molecule has 146 valence electrons. The summed E-state index contributed by atoms with van der Waals surface area (Å²) in [5.74, 6) is -0.321. The lowest BCUT2D eigenvalue weighted by Crippen LogP contribution is -2.46. The number of rotatable bonds is 11. The Hall–Kier alpha value is -1.86. The molecule has 0 bridgehead atoms. The second-order valence-electron chi connectivity index (χ2n) is 6.59. The van der Waals surface area contributed by atoms with Crippen LogP contribution in [0.1, 0.15) is 43.0 Å². The minimum atomic E-state index is -0.286. The predicted molar refractivity (Wildman–Crippen MR) is 99.0 cm³/mol. The zero-order valence-electron chi connectivity index (χ0n) is 15.7. The van der Waals surface area contributed by atoms with E-state index < -0.39 is 0 Å². The monoisotopic (exact) mass is 365 g/mol. The molecular formula is C19H31N3O4. The summed E-state index contributed by atoms with van der Waals surface area (Å²) in [6.07, 6.45) is 7.29. The van der Waals surface area contributed by atoms with Crippen LogP contribution >= 0.6 is 0 Å². The zero-order valence-corrected chi connectivity index (χ0v) is 15.7. The fraction of sp³-hybridized carbons (Fsp3) is 0.684. The number of nitrogens with zero attached hydrogens (tertiary/aromatic N) is 2. The van der Waals surface area contributed by atoms with Crippen LogP contribution in [-0.2, 0) is 9.53 Å². The van der Waals surface area contributed by atoms with Crippen LogP contribution in [0.25, 0.3) is 0 Å². The maximum absolute atomic E-state index is 12.6. The largest absolute Gasteiger partial charge is 0.472 e. The van der Waals surface area contributed by atoms with E-state index in [1.165, 1.54) is 25.4 Å². The van der Waals surface area contributed by atoms with Crippen LogP contribution in [0.15, 0.2) is 23.0 Å². The topological polar surface area (TPSA) is 75.0 Å². The van der Waals surface area contributed by atoms with Crippen molar-refractivity contribution in [3.8, 4) is 0 Å². The van der Waals surface area contributed by atoms with Gasteiger partial charge >= 0.3 is 0 Å². The number of hydrogen-bond donors (Lipinski definition) is 1. The molecule has 0 aromatic carbocycles. The van der Waals surface area contributed by atoms with Gasteiger partial charge in [0.05, 0.1) is 31.6 Å². The van der Waals surface area contributed by atoms with E-state index in [0.717, 1.165) is 52.2 Å². The van der Waals surface area contributed by atoms with Crippen molar-refractivity contribution in [2.75, 3.05) is 52.5 Å². The van der Waals surface area contributed by atoms with Gasteiger partial charge in [-0.3, -0.25) is 14.5 Å². The number of morpholine rings is 1. The van der Waals surface area contributed by atoms with Gasteiger partial charge in [0.25, 0.3) is 5.91 Å². The number of carbonyl (C=O) groups is 2. The summed E-state index contributed by atoms with van der Waals surface area (Å²) in [6.45, 7) is 7.80. The molecule has 0 spiro atoms. The van der Waals surface area contributed by atoms with Crippen LogP contribution in [0.5, 0.6) is 0 Å². The highest BCUT2D eigenvalue weighted by Crippen LogP contribution is 2.04. The maximum atomic E-state index is 12.6. The van der Waals surface area contributed by atoms with Gasteiger partial charge in [-0.05, 0) is 12.5 Å². The van der Waals surface area contributed by atoms with Crippen LogP contribution in [0.4, 0.5) is 0 Å². The number of carbonyl (C=O) groups excluding carboxylic acids is 2. The Balaban J connectivity index is 1.79. The third-order valence-corrected chi connectivity index (χ3v) is 4.61. The van der Waals surface area contributed by atoms with E-state index in [1.54, 1.807) is 6.07 Å². The number of amides is 2. The van der Waals surface area contributed by atoms with Crippen molar-refractivity contribution in [1.82, 2.24) is 15.1 Å². The lowest BCUT2D eigenvalue weighted by Gasteiger charge is -2.30. The zero-order chi connectivity index (χ0) is 18.6. The minimum absolute atomic E-state index is 0.0148. The van der Waals surface area contributed by atoms with Gasteiger partial charge in [-0.2, -0.15) is 0 Å². The average molecular weight is 365 g/mol. The molecule has 1 aliphatic heterocycles. The van der Waals surface area contributed by atoms with Gasteiger partial charge in [0.15, 0.2) is 0 Å². The van der Waals surface area contributed by atoms with Crippen LogP contribution in [0.2, 0.25) is 0 Å². The SMILES string of the molecule is CCCCCCN(CCN1CCOCC1)C(=O)CNC(=O)c1ccoc1. The van der Waals surface area contributed by atoms with Crippen molar-refractivity contribution in [2.24, 2.45) is 0 Å². The molecule has 0 atom stereocenters. The molecule has 1 N–H and O–H groups in total. The summed E-state index contributed by atoms with van der Waals surface area (Å²) in [5.41, 5.74) is 0.431. The average Bonchev–Trinajstić information content (AvgIpc) is 3.21. The normalized spacial score (nSPS) is 15.0. The van der Waals surface area contributed by atoms with E-state index in [0.29, 0.717) is 12.1 Å². The molecule has 7 heteroatoms. The first-order chi connectivity index (χ1) is 12.7. The second-order valence-corrected chi connectivity index (χ2v) is 6.59. The Kier molecular flexibility index (Phi) is 9.20. The summed E-state index contributed by atoms with van der Waals surface area (Å²) in [7, 11) is 0. The third-order valence-electron chi connectivity index (χ3n) is 4.61. The molecule has 0 radical (unpaired) electrons. The summed E-state index contributed by atoms with van der Waals surface area (Å²) in [6, 6.07) is 1.58. The van der Waals surface area contributed by atoms with Gasteiger partial charge in [-0.15, -0.1) is 0 Å². The molecule has 0 unspecified atom stereocenters. The highest BCUT2D eigenvalue weighted by atomic mass is 16.5. The lowest BCUT2D eigenvalue weighted by molar-refractivity contribution is -0.130. The maximum Gasteiger partial charge on any atom is 0.254 e. The molecule has 2 amide bonds. The molecule has 1 aromatic heterocycles. The van der Waals surface area contributed by atoms with Crippen molar-refractivity contribution in [3.05, 3.63) is 24.2 Å². The Bertz CT molecular complexity index is 527. The van der Waals surface area contributed by atoms with E-state index in [-0.39, 0.29) is 18.4 Å². The lowest BCUT2D eigenvalue weighted by atomic mass is 10.2. The molecule has 1 fully saturated rings. The first kappa shape index (κ1) is 20.5. The van der Waals surface area contributed by atoms with Gasteiger partial charge in [-0.1, -0.05) is 26.2 Å². The Morgan fingerprint density at radius 3 is 2.69 bits per heavy atom. The van der Waals surface area contributed by atoms with Gasteiger partial charge in [0.1, 0.15) is 6.26 Å². The summed E-state index contributed by atoms with van der Waals surface area (Å²) >= 11 is 0. The Morgan fingerprint density at radius 1 is 1.19 bits per heavy atom. The molecule has 7 nitrogen and oxygen atoms in total. The molecule has 2 heterocycles. The number of hydrogen-bond acceptors (Lipinski definition) is 5. The van der Waals surface area contributed by atoms with E-state index in [1.807, 2.05) is 4.90 Å². The molecule has 26 heavy (non-hydrogen) atoms. The van der Waals surface area contributed by atoms with Crippen molar-refractivity contribution in [2.45, 2.75) is 32.6 Å². The quantitative estimate of drug-likeness (QED) is 0.605. The molecular weight excluding hydrogens is 334 g/mol. The molecule has 0 saturated carbocycles. The van der Waals surface area contributed by atoms with Crippen LogP contribution in [0.3, 0.4) is 0 Å². The fourth-order valence-corrected chi connectivity index (χ4v) is 2.94. The molecule has 1 aromatic rings. The van der Waals surface area contributed by atoms with Crippen molar-refractivity contribution >= 4 is 11.8 Å². The van der Waals surface area contributed by atoms with Crippen molar-refractivity contribution < 1.29 is 18.7 Å². The van der Waals surface area contributed by atoms with Crippen molar-refractivity contribution in [3.63, 3.8) is 0 Å². The highest BCUT2D eigenvalue weighted by Gasteiger charge is 2.17. The van der Waals surface area contributed by atoms with Gasteiger partial charge < -0.3 is 19.4 Å². The summed E-state index contributed by atoms with van der Waals surface area (Å²) in [4.78, 5) is 28.8. The standard InChI is InChI=1S/C19H31N3O4/c1-2-3-4-5-7-22(9-8-21-10-13-25-14-11-21)18(23)15-20-19(24)17-6-12-26-16-17/h6,12,16H,2-5,7-11,13-15H2,1H3,(H,20,24). The first-order valence-corrected chi connectivity index (χ1v) is 9.59. The summed E-state index contributed by atoms with van der Waals surface area (Å²) < 4.78 is 10.3. The Morgan fingerprint density at radius 2 is 2.00 bits per heavy atom. The van der Waals surface area contributed by atoms with Crippen molar-refractivity contribution in [1.29, 1.82) is 0 Å². The van der Waals surface area contributed by atoms with Gasteiger partial charge in [-0.25, -0.2) is 0 Å². The minimum Gasteiger partial charge on any atom is -0.472 e.